The first-order valence-electron chi connectivity index (χ1n) is 5.87. The van der Waals surface area contributed by atoms with Crippen LogP contribution in [0.2, 0.25) is 0 Å². The molecule has 0 aromatic heterocycles. The van der Waals surface area contributed by atoms with Gasteiger partial charge in [-0.15, -0.1) is 0 Å². The number of aliphatic imine (C=N–C) groups is 1. The van der Waals surface area contributed by atoms with Crippen LogP contribution in [-0.4, -0.2) is 22.9 Å². The maximum absolute atomic E-state index is 11.4. The van der Waals surface area contributed by atoms with Gasteiger partial charge in [0.2, 0.25) is 0 Å². The summed E-state index contributed by atoms with van der Waals surface area (Å²) in [6.07, 6.45) is 4.56. The predicted octanol–water partition coefficient (Wildman–Crippen LogP) is 1.83. The third-order valence-electron chi connectivity index (χ3n) is 3.04. The third-order valence-corrected chi connectivity index (χ3v) is 3.04. The normalized spacial score (nSPS) is 19.6. The van der Waals surface area contributed by atoms with Crippen molar-refractivity contribution in [1.82, 2.24) is 5.48 Å². The molecule has 1 aliphatic carbocycles. The lowest BCUT2D eigenvalue weighted by atomic mass is 10.0. The zero-order valence-corrected chi connectivity index (χ0v) is 10.3. The van der Waals surface area contributed by atoms with E-state index in [4.69, 9.17) is 9.94 Å². The lowest BCUT2D eigenvalue weighted by Gasteiger charge is -2.25. The molecule has 2 aliphatic rings. The van der Waals surface area contributed by atoms with Crippen LogP contribution in [0.4, 0.5) is 5.69 Å². The third kappa shape index (κ3) is 2.04. The summed E-state index contributed by atoms with van der Waals surface area (Å²) in [6, 6.07) is 5.79. The Morgan fingerprint density at radius 2 is 2.26 bits per heavy atom. The Hall–Kier alpha value is -2.40. The van der Waals surface area contributed by atoms with Crippen molar-refractivity contribution in [2.24, 2.45) is 4.99 Å². The van der Waals surface area contributed by atoms with Crippen molar-refractivity contribution in [2.45, 2.75) is 13.0 Å². The molecule has 0 spiro atoms. The molecule has 0 fully saturated rings. The SMILES string of the molecule is Cc1ccc2c(c1)OC1C=C(C(=O)NO)C=CC1=N2. The molecule has 0 radical (unpaired) electrons. The van der Waals surface area contributed by atoms with E-state index >= 15 is 0 Å². The second-order valence-electron chi connectivity index (χ2n) is 4.44. The zero-order chi connectivity index (χ0) is 13.4. The van der Waals surface area contributed by atoms with E-state index in [0.717, 1.165) is 17.0 Å². The fraction of sp³-hybridized carbons (Fsp3) is 0.143. The van der Waals surface area contributed by atoms with Gasteiger partial charge in [-0.05, 0) is 42.8 Å². The number of amides is 1. The number of fused-ring (bicyclic) bond motifs is 2. The molecule has 1 aliphatic heterocycles. The summed E-state index contributed by atoms with van der Waals surface area (Å²) in [5.41, 5.74) is 4.56. The number of rotatable bonds is 1. The number of hydrogen-bond donors (Lipinski definition) is 2. The van der Waals surface area contributed by atoms with Crippen LogP contribution in [0, 0.1) is 6.92 Å². The maximum Gasteiger partial charge on any atom is 0.274 e. The fourth-order valence-electron chi connectivity index (χ4n) is 2.07. The monoisotopic (exact) mass is 256 g/mol. The van der Waals surface area contributed by atoms with Gasteiger partial charge in [0, 0.05) is 5.57 Å². The van der Waals surface area contributed by atoms with E-state index in [1.54, 1.807) is 23.7 Å². The van der Waals surface area contributed by atoms with Crippen molar-refractivity contribution < 1.29 is 14.7 Å². The smallest absolute Gasteiger partial charge is 0.274 e. The number of ether oxygens (including phenoxy) is 1. The van der Waals surface area contributed by atoms with Crippen LogP contribution >= 0.6 is 0 Å². The molecule has 2 N–H and O–H groups in total. The van der Waals surface area contributed by atoms with Gasteiger partial charge in [0.25, 0.3) is 5.91 Å². The number of carbonyl (C=O) groups excluding carboxylic acids is 1. The molecule has 96 valence electrons. The first-order valence-corrected chi connectivity index (χ1v) is 5.87. The van der Waals surface area contributed by atoms with Gasteiger partial charge in [-0.1, -0.05) is 6.07 Å². The molecular weight excluding hydrogens is 244 g/mol. The van der Waals surface area contributed by atoms with E-state index < -0.39 is 12.0 Å². The minimum absolute atomic E-state index is 0.350. The summed E-state index contributed by atoms with van der Waals surface area (Å²) >= 11 is 0. The van der Waals surface area contributed by atoms with Crippen molar-refractivity contribution in [3.05, 3.63) is 47.6 Å². The van der Waals surface area contributed by atoms with Crippen molar-refractivity contribution in [1.29, 1.82) is 0 Å². The average molecular weight is 256 g/mol. The molecule has 3 rings (SSSR count). The first kappa shape index (κ1) is 11.7. The molecule has 5 nitrogen and oxygen atoms in total. The van der Waals surface area contributed by atoms with E-state index in [1.165, 1.54) is 0 Å². The topological polar surface area (TPSA) is 70.9 Å². The van der Waals surface area contributed by atoms with E-state index in [1.807, 2.05) is 25.1 Å². The summed E-state index contributed by atoms with van der Waals surface area (Å²) < 4.78 is 5.82. The Balaban J connectivity index is 1.98. The first-order chi connectivity index (χ1) is 9.17. The minimum Gasteiger partial charge on any atom is -0.478 e. The molecule has 0 bridgehead atoms. The Morgan fingerprint density at radius 1 is 1.42 bits per heavy atom. The predicted molar refractivity (Wildman–Crippen MR) is 69.8 cm³/mol. The number of carbonyl (C=O) groups is 1. The van der Waals surface area contributed by atoms with Gasteiger partial charge in [-0.2, -0.15) is 0 Å². The standard InChI is InChI=1S/C14H12N2O3/c1-8-2-4-10-12(6-8)19-13-7-9(14(17)16-18)3-5-11(13)15-10/h2-7,13,18H,1H3,(H,16,17). The minimum atomic E-state index is -0.561. The lowest BCUT2D eigenvalue weighted by Crippen LogP contribution is -2.31. The summed E-state index contributed by atoms with van der Waals surface area (Å²) in [6.45, 7) is 1.98. The largest absolute Gasteiger partial charge is 0.478 e. The average Bonchev–Trinajstić information content (AvgIpc) is 2.43. The molecular formula is C14H12N2O3. The molecule has 5 heteroatoms. The van der Waals surface area contributed by atoms with Gasteiger partial charge in [-0.3, -0.25) is 10.0 Å². The molecule has 1 aromatic carbocycles. The Kier molecular flexibility index (Phi) is 2.68. The highest BCUT2D eigenvalue weighted by atomic mass is 16.5. The maximum atomic E-state index is 11.4. The van der Waals surface area contributed by atoms with E-state index in [9.17, 15) is 4.79 Å². The number of nitrogens with one attached hydrogen (secondary N) is 1. The molecule has 0 saturated carbocycles. The molecule has 0 saturated heterocycles. The molecule has 1 heterocycles. The Morgan fingerprint density at radius 3 is 3.05 bits per heavy atom. The van der Waals surface area contributed by atoms with Crippen LogP contribution in [0.25, 0.3) is 0 Å². The van der Waals surface area contributed by atoms with E-state index in [0.29, 0.717) is 11.3 Å². The highest BCUT2D eigenvalue weighted by Gasteiger charge is 2.25. The van der Waals surface area contributed by atoms with Crippen LogP contribution < -0.4 is 10.2 Å². The quantitative estimate of drug-likeness (QED) is 0.595. The zero-order valence-electron chi connectivity index (χ0n) is 10.3. The van der Waals surface area contributed by atoms with Gasteiger partial charge in [0.1, 0.15) is 11.4 Å². The van der Waals surface area contributed by atoms with Crippen molar-refractivity contribution in [2.75, 3.05) is 0 Å². The summed E-state index contributed by atoms with van der Waals surface area (Å²) in [5.74, 6) is 0.137. The van der Waals surface area contributed by atoms with Gasteiger partial charge in [0.15, 0.2) is 6.10 Å². The van der Waals surface area contributed by atoms with Crippen LogP contribution in [0.5, 0.6) is 5.75 Å². The van der Waals surface area contributed by atoms with Crippen molar-refractivity contribution in [3.8, 4) is 5.75 Å². The van der Waals surface area contributed by atoms with Crippen LogP contribution in [-0.2, 0) is 4.79 Å². The number of aryl methyl sites for hydroxylation is 1. The summed E-state index contributed by atoms with van der Waals surface area (Å²) in [7, 11) is 0. The van der Waals surface area contributed by atoms with Gasteiger partial charge in [-0.25, -0.2) is 10.5 Å². The van der Waals surface area contributed by atoms with Crippen LogP contribution in [0.15, 0.2) is 47.0 Å². The second kappa shape index (κ2) is 4.37. The second-order valence-corrected chi connectivity index (χ2v) is 4.44. The Labute approximate surface area is 109 Å². The van der Waals surface area contributed by atoms with Gasteiger partial charge in [0.05, 0.1) is 5.71 Å². The number of nitrogens with zero attached hydrogens (tertiary/aromatic N) is 1. The number of hydrogen-bond acceptors (Lipinski definition) is 4. The lowest BCUT2D eigenvalue weighted by molar-refractivity contribution is -0.124. The van der Waals surface area contributed by atoms with Crippen molar-refractivity contribution >= 4 is 17.3 Å². The molecule has 1 atom stereocenters. The van der Waals surface area contributed by atoms with E-state index in [2.05, 4.69) is 4.99 Å². The number of benzene rings is 1. The summed E-state index contributed by atoms with van der Waals surface area (Å²) in [5, 5.41) is 8.63. The molecule has 1 aromatic rings. The van der Waals surface area contributed by atoms with Crippen LogP contribution in [0.1, 0.15) is 5.56 Å². The molecule has 19 heavy (non-hydrogen) atoms. The molecule has 1 amide bonds. The van der Waals surface area contributed by atoms with Gasteiger partial charge < -0.3 is 4.74 Å². The fourth-order valence-corrected chi connectivity index (χ4v) is 2.07. The van der Waals surface area contributed by atoms with E-state index in [-0.39, 0.29) is 0 Å². The Bertz CT molecular complexity index is 644. The van der Waals surface area contributed by atoms with Crippen molar-refractivity contribution in [3.63, 3.8) is 0 Å². The molecule has 1 unspecified atom stereocenters. The summed E-state index contributed by atoms with van der Waals surface area (Å²) in [4.78, 5) is 15.9. The van der Waals surface area contributed by atoms with Crippen LogP contribution in [0.3, 0.4) is 0 Å². The highest BCUT2D eigenvalue weighted by Crippen LogP contribution is 2.34. The number of hydroxylamine groups is 1. The highest BCUT2D eigenvalue weighted by molar-refractivity contribution is 6.08. The van der Waals surface area contributed by atoms with Gasteiger partial charge >= 0.3 is 0 Å².